The second kappa shape index (κ2) is 16.7. The number of rotatable bonds is 4. The van der Waals surface area contributed by atoms with E-state index in [1.165, 1.54) is 0 Å². The van der Waals surface area contributed by atoms with Gasteiger partial charge in [0.2, 0.25) is 0 Å². The molecular weight excluding hydrogens is 352 g/mol. The van der Waals surface area contributed by atoms with Crippen LogP contribution < -0.4 is 0 Å². The quantitative estimate of drug-likeness (QED) is 0.517. The van der Waals surface area contributed by atoms with E-state index < -0.39 is 22.4 Å². The van der Waals surface area contributed by atoms with Gasteiger partial charge in [-0.3, -0.25) is 0 Å². The molecule has 0 radical (unpaired) electrons. The van der Waals surface area contributed by atoms with E-state index in [1.54, 1.807) is 55.4 Å². The largest absolute Gasteiger partial charge is 0.390 e. The predicted molar refractivity (Wildman–Crippen MR) is 106 cm³/mol. The summed E-state index contributed by atoms with van der Waals surface area (Å²) in [4.78, 5) is 0. The first-order chi connectivity index (χ1) is 10.2. The maximum absolute atomic E-state index is 8.83. The van der Waals surface area contributed by atoms with E-state index in [-0.39, 0.29) is 21.7 Å². The van der Waals surface area contributed by atoms with Crippen LogP contribution in [0.4, 0.5) is 0 Å². The number of hydrogen-bond donors (Lipinski definition) is 4. The van der Waals surface area contributed by atoms with Crippen molar-refractivity contribution >= 4 is 0 Å². The Hall–Kier alpha value is 0.554. The predicted octanol–water partition coefficient (Wildman–Crippen LogP) is 4.67. The van der Waals surface area contributed by atoms with Crippen LogP contribution >= 0.6 is 0 Å². The van der Waals surface area contributed by atoms with E-state index in [2.05, 4.69) is 0 Å². The normalized spacial score (nSPS) is 11.5. The summed E-state index contributed by atoms with van der Waals surface area (Å²) in [6, 6.07) is 0. The summed E-state index contributed by atoms with van der Waals surface area (Å²) in [5.41, 5.74) is -1.83. The first kappa shape index (κ1) is 36.5. The summed E-state index contributed by atoms with van der Waals surface area (Å²) in [5.74, 6) is 0. The van der Waals surface area contributed by atoms with Gasteiger partial charge in [0.25, 0.3) is 0 Å². The maximum atomic E-state index is 8.83. The van der Waals surface area contributed by atoms with Gasteiger partial charge >= 0.3 is 0 Å². The molecule has 0 aromatic rings. The van der Waals surface area contributed by atoms with E-state index in [9.17, 15) is 0 Å². The molecule has 156 valence electrons. The van der Waals surface area contributed by atoms with Crippen molar-refractivity contribution in [1.82, 2.24) is 0 Å². The Labute approximate surface area is 173 Å². The van der Waals surface area contributed by atoms with Crippen LogP contribution in [0, 0.1) is 0 Å². The molecule has 4 N–H and O–H groups in total. The minimum atomic E-state index is -0.458. The third kappa shape index (κ3) is 79.3. The minimum absolute atomic E-state index is 0. The molecule has 0 unspecified atom stereocenters. The Morgan fingerprint density at radius 2 is 0.440 bits per heavy atom. The minimum Gasteiger partial charge on any atom is -0.390 e. The van der Waals surface area contributed by atoms with Crippen molar-refractivity contribution in [2.24, 2.45) is 0 Å². The Morgan fingerprint density at radius 1 is 0.400 bits per heavy atom. The molecule has 0 heterocycles. The molecule has 0 spiro atoms. The van der Waals surface area contributed by atoms with Gasteiger partial charge in [0.1, 0.15) is 0 Å². The molecule has 0 aromatic carbocycles. The van der Waals surface area contributed by atoms with Crippen LogP contribution in [0.1, 0.15) is 109 Å². The van der Waals surface area contributed by atoms with E-state index >= 15 is 0 Å². The first-order valence-corrected chi connectivity index (χ1v) is 9.14. The molecule has 0 bridgehead atoms. The summed E-state index contributed by atoms with van der Waals surface area (Å²) in [7, 11) is 0. The van der Waals surface area contributed by atoms with Crippen molar-refractivity contribution in [3.63, 3.8) is 0 Å². The second-order valence-corrected chi connectivity index (χ2v) is 8.66. The molecule has 0 saturated heterocycles. The summed E-state index contributed by atoms with van der Waals surface area (Å²) < 4.78 is 0. The van der Waals surface area contributed by atoms with Gasteiger partial charge in [-0.25, -0.2) is 0 Å². The van der Waals surface area contributed by atoms with E-state index in [0.29, 0.717) is 0 Å². The summed E-state index contributed by atoms with van der Waals surface area (Å²) in [5, 5.41) is 35.3. The molecular formula is C20H48O4Ti. The number of aliphatic hydroxyl groups is 4. The van der Waals surface area contributed by atoms with Gasteiger partial charge in [-0.1, -0.05) is 27.7 Å². The molecule has 0 amide bonds. The van der Waals surface area contributed by atoms with Gasteiger partial charge in [-0.05, 0) is 81.1 Å². The molecule has 4 nitrogen and oxygen atoms in total. The van der Waals surface area contributed by atoms with Crippen LogP contribution in [0.25, 0.3) is 0 Å². The van der Waals surface area contributed by atoms with Crippen molar-refractivity contribution in [2.45, 2.75) is 131 Å². The molecule has 0 aromatic heterocycles. The molecule has 0 aliphatic rings. The second-order valence-electron chi connectivity index (χ2n) is 8.66. The first-order valence-electron chi connectivity index (χ1n) is 9.14. The SMILES string of the molecule is CCC(C)(C)O.CCC(C)(C)O.CCC(C)(C)O.CCC(C)(C)O.[Ti]. The average molecular weight is 400 g/mol. The van der Waals surface area contributed by atoms with Crippen molar-refractivity contribution in [3.05, 3.63) is 0 Å². The molecule has 0 aliphatic heterocycles. The van der Waals surface area contributed by atoms with E-state index in [4.69, 9.17) is 20.4 Å². The smallest absolute Gasteiger partial charge is 0.0589 e. The van der Waals surface area contributed by atoms with Gasteiger partial charge in [-0.2, -0.15) is 0 Å². The molecule has 0 saturated carbocycles. The fourth-order valence-corrected chi connectivity index (χ4v) is 0. The van der Waals surface area contributed by atoms with Crippen LogP contribution in [0.15, 0.2) is 0 Å². The van der Waals surface area contributed by atoms with Crippen LogP contribution in [-0.2, 0) is 21.7 Å². The van der Waals surface area contributed by atoms with Crippen molar-refractivity contribution in [3.8, 4) is 0 Å². The Morgan fingerprint density at radius 3 is 0.440 bits per heavy atom. The standard InChI is InChI=1S/4C5H12O.Ti/c4*1-4-5(2,3)6;/h4*6H,4H2,1-3H3;. The van der Waals surface area contributed by atoms with Crippen molar-refractivity contribution in [1.29, 1.82) is 0 Å². The molecule has 0 fully saturated rings. The summed E-state index contributed by atoms with van der Waals surface area (Å²) in [6.45, 7) is 22.2. The Bertz CT molecular complexity index is 197. The molecule has 0 atom stereocenters. The van der Waals surface area contributed by atoms with Gasteiger partial charge in [0.15, 0.2) is 0 Å². The van der Waals surface area contributed by atoms with Gasteiger partial charge in [-0.15, -0.1) is 0 Å². The third-order valence-electron chi connectivity index (χ3n) is 3.46. The number of hydrogen-bond acceptors (Lipinski definition) is 4. The average Bonchev–Trinajstić information content (AvgIpc) is 2.37. The van der Waals surface area contributed by atoms with E-state index in [0.717, 1.165) is 25.7 Å². The summed E-state index contributed by atoms with van der Waals surface area (Å²) >= 11 is 0. The zero-order valence-corrected chi connectivity index (χ0v) is 20.7. The van der Waals surface area contributed by atoms with Gasteiger partial charge in [0, 0.05) is 21.7 Å². The monoisotopic (exact) mass is 400 g/mol. The molecule has 0 rings (SSSR count). The fourth-order valence-electron chi connectivity index (χ4n) is 0. The van der Waals surface area contributed by atoms with Crippen LogP contribution in [0.3, 0.4) is 0 Å². The zero-order chi connectivity index (χ0) is 20.8. The third-order valence-corrected chi connectivity index (χ3v) is 3.46. The van der Waals surface area contributed by atoms with Crippen molar-refractivity contribution < 1.29 is 42.1 Å². The molecule has 0 aliphatic carbocycles. The fraction of sp³-hybridized carbons (Fsp3) is 1.00. The molecule has 5 heteroatoms. The Balaban J connectivity index is -0.0000000702. The molecule has 25 heavy (non-hydrogen) atoms. The maximum Gasteiger partial charge on any atom is 0.0589 e. The van der Waals surface area contributed by atoms with Gasteiger partial charge in [0.05, 0.1) is 22.4 Å². The topological polar surface area (TPSA) is 80.9 Å². The van der Waals surface area contributed by atoms with Crippen LogP contribution in [0.2, 0.25) is 0 Å². The van der Waals surface area contributed by atoms with E-state index in [1.807, 2.05) is 27.7 Å². The van der Waals surface area contributed by atoms with Gasteiger partial charge < -0.3 is 20.4 Å². The summed E-state index contributed by atoms with van der Waals surface area (Å²) in [6.07, 6.45) is 3.31. The zero-order valence-electron chi connectivity index (χ0n) is 19.1. The van der Waals surface area contributed by atoms with Crippen LogP contribution in [0.5, 0.6) is 0 Å². The van der Waals surface area contributed by atoms with Crippen molar-refractivity contribution in [2.75, 3.05) is 0 Å². The van der Waals surface area contributed by atoms with Crippen LogP contribution in [-0.4, -0.2) is 42.8 Å². The Kier molecular flexibility index (Phi) is 24.4.